The van der Waals surface area contributed by atoms with Crippen LogP contribution in [-0.4, -0.2) is 35.3 Å². The predicted molar refractivity (Wildman–Crippen MR) is 113 cm³/mol. The maximum Gasteiger partial charge on any atom is 0.258 e. The topological polar surface area (TPSA) is 74.6 Å². The van der Waals surface area contributed by atoms with E-state index < -0.39 is 0 Å². The molecule has 3 aromatic rings. The second kappa shape index (κ2) is 8.73. The fraction of sp³-hybridized carbons (Fsp3) is 0.217. The molecule has 0 saturated heterocycles. The monoisotopic (exact) mass is 405 g/mol. The van der Waals surface area contributed by atoms with E-state index in [2.05, 4.69) is 16.9 Å². The van der Waals surface area contributed by atoms with Gasteiger partial charge in [-0.15, -0.1) is 0 Å². The number of nitrogens with zero attached hydrogens (tertiary/aromatic N) is 2. The highest BCUT2D eigenvalue weighted by atomic mass is 16.6. The highest BCUT2D eigenvalue weighted by Gasteiger charge is 2.16. The number of hydrogen-bond acceptors (Lipinski definition) is 5. The summed E-state index contributed by atoms with van der Waals surface area (Å²) in [6.07, 6.45) is 5.16. The van der Waals surface area contributed by atoms with Gasteiger partial charge in [0.15, 0.2) is 18.1 Å². The normalized spacial score (nSPS) is 13.4. The van der Waals surface area contributed by atoms with Crippen molar-refractivity contribution in [1.29, 1.82) is 0 Å². The molecule has 7 heteroatoms. The summed E-state index contributed by atoms with van der Waals surface area (Å²) in [6, 6.07) is 12.9. The smallest absolute Gasteiger partial charge is 0.258 e. The van der Waals surface area contributed by atoms with E-state index >= 15 is 0 Å². The van der Waals surface area contributed by atoms with Gasteiger partial charge in [-0.2, -0.15) is 0 Å². The molecule has 1 aliphatic rings. The van der Waals surface area contributed by atoms with E-state index in [1.165, 1.54) is 0 Å². The van der Waals surface area contributed by atoms with Crippen molar-refractivity contribution in [3.05, 3.63) is 78.9 Å². The minimum absolute atomic E-state index is 0.108. The van der Waals surface area contributed by atoms with Crippen molar-refractivity contribution in [2.75, 3.05) is 19.8 Å². The fourth-order valence-corrected chi connectivity index (χ4v) is 3.23. The number of carbonyl (C=O) groups excluding carboxylic acids is 1. The number of rotatable bonds is 7. The summed E-state index contributed by atoms with van der Waals surface area (Å²) >= 11 is 0. The average molecular weight is 405 g/mol. The Bertz CT molecular complexity index is 1050. The van der Waals surface area contributed by atoms with E-state index in [1.807, 2.05) is 49.4 Å². The third kappa shape index (κ3) is 4.30. The molecular formula is C23H23N3O4. The molecule has 0 spiro atoms. The van der Waals surface area contributed by atoms with Crippen LogP contribution in [0.25, 0.3) is 5.70 Å². The van der Waals surface area contributed by atoms with E-state index in [-0.39, 0.29) is 18.6 Å². The molecule has 7 nitrogen and oxygen atoms in total. The van der Waals surface area contributed by atoms with Crippen molar-refractivity contribution in [3.8, 4) is 17.2 Å². The third-order valence-electron chi connectivity index (χ3n) is 4.82. The summed E-state index contributed by atoms with van der Waals surface area (Å²) in [7, 11) is 0. The molecule has 2 aromatic carbocycles. The Balaban J connectivity index is 1.38. The Morgan fingerprint density at radius 2 is 2.03 bits per heavy atom. The van der Waals surface area contributed by atoms with Gasteiger partial charge in [0.2, 0.25) is 0 Å². The summed E-state index contributed by atoms with van der Waals surface area (Å²) in [5.74, 6) is 1.78. The molecule has 0 aliphatic carbocycles. The lowest BCUT2D eigenvalue weighted by Crippen LogP contribution is -2.31. The van der Waals surface area contributed by atoms with Gasteiger partial charge in [0, 0.05) is 18.0 Å². The maximum absolute atomic E-state index is 12.5. The number of aromatic nitrogens is 2. The summed E-state index contributed by atoms with van der Waals surface area (Å²) in [6.45, 7) is 6.97. The SMILES string of the molecule is C=C(c1ccccc1OCC(=O)NC(C)c1ccc2c(c1)OCCO2)n1ccnc1. The van der Waals surface area contributed by atoms with Crippen LogP contribution in [0.3, 0.4) is 0 Å². The number of para-hydroxylation sites is 1. The lowest BCUT2D eigenvalue weighted by atomic mass is 10.1. The second-order valence-electron chi connectivity index (χ2n) is 6.89. The van der Waals surface area contributed by atoms with E-state index in [1.54, 1.807) is 23.3 Å². The van der Waals surface area contributed by atoms with Gasteiger partial charge in [0.05, 0.1) is 18.1 Å². The number of benzene rings is 2. The van der Waals surface area contributed by atoms with Crippen LogP contribution < -0.4 is 19.5 Å². The van der Waals surface area contributed by atoms with Crippen LogP contribution in [0.4, 0.5) is 0 Å². The zero-order chi connectivity index (χ0) is 20.9. The highest BCUT2D eigenvalue weighted by Crippen LogP contribution is 2.32. The fourth-order valence-electron chi connectivity index (χ4n) is 3.23. The molecule has 1 amide bonds. The second-order valence-corrected chi connectivity index (χ2v) is 6.89. The van der Waals surface area contributed by atoms with E-state index in [4.69, 9.17) is 14.2 Å². The zero-order valence-electron chi connectivity index (χ0n) is 16.7. The van der Waals surface area contributed by atoms with Gasteiger partial charge in [-0.25, -0.2) is 4.98 Å². The molecule has 1 N–H and O–H groups in total. The Morgan fingerprint density at radius 1 is 1.23 bits per heavy atom. The van der Waals surface area contributed by atoms with Crippen LogP contribution in [0.2, 0.25) is 0 Å². The van der Waals surface area contributed by atoms with Crippen LogP contribution in [0.15, 0.2) is 67.8 Å². The molecule has 1 atom stereocenters. The van der Waals surface area contributed by atoms with Crippen molar-refractivity contribution in [2.24, 2.45) is 0 Å². The molecule has 4 rings (SSSR count). The minimum atomic E-state index is -0.222. The number of imidazole rings is 1. The van der Waals surface area contributed by atoms with Crippen LogP contribution in [0.1, 0.15) is 24.1 Å². The first-order valence-corrected chi connectivity index (χ1v) is 9.70. The van der Waals surface area contributed by atoms with Gasteiger partial charge in [-0.05, 0) is 36.8 Å². The lowest BCUT2D eigenvalue weighted by Gasteiger charge is -2.21. The van der Waals surface area contributed by atoms with Gasteiger partial charge >= 0.3 is 0 Å². The maximum atomic E-state index is 12.5. The van der Waals surface area contributed by atoms with Crippen molar-refractivity contribution in [3.63, 3.8) is 0 Å². The van der Waals surface area contributed by atoms with Crippen molar-refractivity contribution in [1.82, 2.24) is 14.9 Å². The van der Waals surface area contributed by atoms with Gasteiger partial charge in [0.25, 0.3) is 5.91 Å². The van der Waals surface area contributed by atoms with Crippen molar-refractivity contribution < 1.29 is 19.0 Å². The van der Waals surface area contributed by atoms with Crippen molar-refractivity contribution >= 4 is 11.6 Å². The number of fused-ring (bicyclic) bond motifs is 1. The number of carbonyl (C=O) groups is 1. The first-order valence-electron chi connectivity index (χ1n) is 9.70. The van der Waals surface area contributed by atoms with Crippen LogP contribution in [0, 0.1) is 0 Å². The largest absolute Gasteiger partial charge is 0.486 e. The van der Waals surface area contributed by atoms with Gasteiger partial charge in [0.1, 0.15) is 19.0 Å². The minimum Gasteiger partial charge on any atom is -0.486 e. The van der Waals surface area contributed by atoms with Crippen LogP contribution >= 0.6 is 0 Å². The number of ether oxygens (including phenoxy) is 3. The Morgan fingerprint density at radius 3 is 2.83 bits per heavy atom. The van der Waals surface area contributed by atoms with Gasteiger partial charge in [-0.1, -0.05) is 24.8 Å². The first-order chi connectivity index (χ1) is 14.6. The Hall–Kier alpha value is -3.74. The molecular weight excluding hydrogens is 382 g/mol. The van der Waals surface area contributed by atoms with Crippen molar-refractivity contribution in [2.45, 2.75) is 13.0 Å². The molecule has 0 fully saturated rings. The predicted octanol–water partition coefficient (Wildman–Crippen LogP) is 3.43. The molecule has 0 bridgehead atoms. The lowest BCUT2D eigenvalue weighted by molar-refractivity contribution is -0.123. The molecule has 0 radical (unpaired) electrons. The molecule has 30 heavy (non-hydrogen) atoms. The standard InChI is InChI=1S/C23H23N3O4/c1-16(18-7-8-21-22(13-18)29-12-11-28-21)25-23(27)14-30-20-6-4-3-5-19(20)17(2)26-10-9-24-15-26/h3-10,13,15-16H,2,11-12,14H2,1H3,(H,25,27). The molecule has 1 unspecified atom stereocenters. The molecule has 0 saturated carbocycles. The van der Waals surface area contributed by atoms with Crippen LogP contribution in [-0.2, 0) is 4.79 Å². The zero-order valence-corrected chi connectivity index (χ0v) is 16.7. The summed E-state index contributed by atoms with van der Waals surface area (Å²) in [5.41, 5.74) is 2.44. The number of hydrogen-bond donors (Lipinski definition) is 1. The first kappa shape index (κ1) is 19.6. The molecule has 1 aromatic heterocycles. The van der Waals surface area contributed by atoms with Gasteiger partial charge < -0.3 is 24.1 Å². The summed E-state index contributed by atoms with van der Waals surface area (Å²) in [5, 5.41) is 2.95. The molecule has 2 heterocycles. The molecule has 1 aliphatic heterocycles. The summed E-state index contributed by atoms with van der Waals surface area (Å²) < 4.78 is 18.7. The average Bonchev–Trinajstić information content (AvgIpc) is 3.32. The van der Waals surface area contributed by atoms with E-state index in [0.717, 1.165) is 16.9 Å². The van der Waals surface area contributed by atoms with Crippen LogP contribution in [0.5, 0.6) is 17.2 Å². The number of nitrogens with one attached hydrogen (secondary N) is 1. The van der Waals surface area contributed by atoms with Gasteiger partial charge in [-0.3, -0.25) is 4.79 Å². The number of amides is 1. The third-order valence-corrected chi connectivity index (χ3v) is 4.82. The quantitative estimate of drug-likeness (QED) is 0.652. The van der Waals surface area contributed by atoms with E-state index in [0.29, 0.717) is 30.4 Å². The molecule has 154 valence electrons. The summed E-state index contributed by atoms with van der Waals surface area (Å²) in [4.78, 5) is 16.5. The Kier molecular flexibility index (Phi) is 5.70. The Labute approximate surface area is 174 Å². The van der Waals surface area contributed by atoms with E-state index in [9.17, 15) is 4.79 Å². The highest BCUT2D eigenvalue weighted by molar-refractivity contribution is 5.78.